The van der Waals surface area contributed by atoms with Gasteiger partial charge in [-0.15, -0.1) is 11.3 Å². The van der Waals surface area contributed by atoms with Crippen LogP contribution in [0.5, 0.6) is 0 Å². The van der Waals surface area contributed by atoms with Gasteiger partial charge in [0.25, 0.3) is 5.91 Å². The summed E-state index contributed by atoms with van der Waals surface area (Å²) in [6.07, 6.45) is 0.131. The highest BCUT2D eigenvalue weighted by Gasteiger charge is 2.14. The summed E-state index contributed by atoms with van der Waals surface area (Å²) in [6.45, 7) is 5.12. The van der Waals surface area contributed by atoms with Gasteiger partial charge in [-0.25, -0.2) is 4.98 Å². The average Bonchev–Trinajstić information content (AvgIpc) is 3.48. The number of nitrogens with one attached hydrogen (secondary N) is 3. The van der Waals surface area contributed by atoms with Crippen LogP contribution >= 0.6 is 23.6 Å². The van der Waals surface area contributed by atoms with Gasteiger partial charge in [-0.2, -0.15) is 5.10 Å². The van der Waals surface area contributed by atoms with Crippen LogP contribution in [0.25, 0.3) is 21.7 Å². The van der Waals surface area contributed by atoms with Gasteiger partial charge >= 0.3 is 0 Å². The van der Waals surface area contributed by atoms with Crippen LogP contribution in [0.15, 0.2) is 35.7 Å². The minimum atomic E-state index is -0.404. The van der Waals surface area contributed by atoms with Crippen molar-refractivity contribution < 1.29 is 9.59 Å². The second-order valence-corrected chi connectivity index (χ2v) is 8.17. The Morgan fingerprint density at radius 3 is 2.81 bits per heavy atom. The summed E-state index contributed by atoms with van der Waals surface area (Å²) < 4.78 is 4.28. The Morgan fingerprint density at radius 1 is 1.23 bits per heavy atom. The molecule has 4 rings (SSSR count). The molecule has 0 atom stereocenters. The second kappa shape index (κ2) is 8.82. The van der Waals surface area contributed by atoms with E-state index in [4.69, 9.17) is 12.2 Å². The van der Waals surface area contributed by atoms with E-state index in [2.05, 4.69) is 30.6 Å². The van der Waals surface area contributed by atoms with Crippen molar-refractivity contribution in [2.24, 2.45) is 0 Å². The van der Waals surface area contributed by atoms with Crippen molar-refractivity contribution in [3.63, 3.8) is 0 Å². The zero-order chi connectivity index (χ0) is 22.0. The molecule has 160 valence electrons. The highest BCUT2D eigenvalue weighted by atomic mass is 32.1. The fraction of sp³-hybridized carbons (Fsp3) is 0.250. The molecule has 0 saturated heterocycles. The van der Waals surface area contributed by atoms with Gasteiger partial charge in [0.15, 0.2) is 10.6 Å². The molecule has 0 aliphatic rings. The quantitative estimate of drug-likeness (QED) is 0.306. The number of aromatic nitrogens is 5. The number of hydrogen-bond donors (Lipinski definition) is 3. The SMILES string of the molecule is CCn1c(C)nc2cc(C(=O)NNC(=O)CCn3c(-c4cccs4)n[nH]c3=S)ccc21. The molecular weight excluding hydrogens is 434 g/mol. The first kappa shape index (κ1) is 20.9. The van der Waals surface area contributed by atoms with Crippen LogP contribution in [-0.2, 0) is 17.9 Å². The van der Waals surface area contributed by atoms with Gasteiger partial charge in [-0.05, 0) is 55.7 Å². The maximum absolute atomic E-state index is 12.5. The van der Waals surface area contributed by atoms with Crippen molar-refractivity contribution in [3.8, 4) is 10.7 Å². The molecule has 0 saturated carbocycles. The third kappa shape index (κ3) is 4.28. The second-order valence-electron chi connectivity index (χ2n) is 6.84. The van der Waals surface area contributed by atoms with Crippen LogP contribution < -0.4 is 10.9 Å². The first-order valence-corrected chi connectivity index (χ1v) is 11.0. The maximum Gasteiger partial charge on any atom is 0.269 e. The molecule has 31 heavy (non-hydrogen) atoms. The number of aromatic amines is 1. The minimum absolute atomic E-state index is 0.131. The normalized spacial score (nSPS) is 11.0. The maximum atomic E-state index is 12.5. The Labute approximate surface area is 187 Å². The van der Waals surface area contributed by atoms with Crippen LogP contribution in [0.4, 0.5) is 0 Å². The van der Waals surface area contributed by atoms with Crippen molar-refractivity contribution in [2.75, 3.05) is 0 Å². The fourth-order valence-electron chi connectivity index (χ4n) is 3.38. The van der Waals surface area contributed by atoms with Crippen molar-refractivity contribution in [1.82, 2.24) is 35.2 Å². The van der Waals surface area contributed by atoms with E-state index in [1.165, 1.54) is 0 Å². The number of hydrazine groups is 1. The Bertz CT molecular complexity index is 1300. The third-order valence-electron chi connectivity index (χ3n) is 4.90. The lowest BCUT2D eigenvalue weighted by Crippen LogP contribution is -2.41. The number of amides is 2. The van der Waals surface area contributed by atoms with E-state index in [1.54, 1.807) is 28.0 Å². The largest absolute Gasteiger partial charge is 0.329 e. The van der Waals surface area contributed by atoms with Crippen molar-refractivity contribution in [3.05, 3.63) is 51.9 Å². The van der Waals surface area contributed by atoms with Crippen molar-refractivity contribution in [2.45, 2.75) is 33.4 Å². The van der Waals surface area contributed by atoms with E-state index in [9.17, 15) is 9.59 Å². The van der Waals surface area contributed by atoms with E-state index in [-0.39, 0.29) is 12.3 Å². The predicted molar refractivity (Wildman–Crippen MR) is 121 cm³/mol. The van der Waals surface area contributed by atoms with Crippen molar-refractivity contribution in [1.29, 1.82) is 0 Å². The summed E-state index contributed by atoms with van der Waals surface area (Å²) in [6, 6.07) is 9.16. The number of imidazole rings is 1. The van der Waals surface area contributed by atoms with Crippen LogP contribution in [-0.4, -0.2) is 36.1 Å². The molecule has 3 N–H and O–H groups in total. The number of aryl methyl sites for hydroxylation is 2. The lowest BCUT2D eigenvalue weighted by atomic mass is 10.2. The lowest BCUT2D eigenvalue weighted by Gasteiger charge is -2.09. The molecule has 0 spiro atoms. The van der Waals surface area contributed by atoms with Gasteiger partial charge in [0.2, 0.25) is 5.91 Å². The molecule has 1 aromatic carbocycles. The Balaban J connectivity index is 1.36. The highest BCUT2D eigenvalue weighted by molar-refractivity contribution is 7.71. The molecule has 11 heteroatoms. The Kier molecular flexibility index (Phi) is 5.96. The molecular formula is C20H21N7O2S2. The lowest BCUT2D eigenvalue weighted by molar-refractivity contribution is -0.122. The predicted octanol–water partition coefficient (Wildman–Crippen LogP) is 3.20. The zero-order valence-electron chi connectivity index (χ0n) is 17.0. The van der Waals surface area contributed by atoms with Gasteiger partial charge in [0.1, 0.15) is 5.82 Å². The molecule has 2 amide bonds. The van der Waals surface area contributed by atoms with Gasteiger partial charge in [-0.3, -0.25) is 30.1 Å². The smallest absolute Gasteiger partial charge is 0.269 e. The summed E-state index contributed by atoms with van der Waals surface area (Å²) in [7, 11) is 0. The van der Waals surface area contributed by atoms with E-state index in [1.807, 2.05) is 37.4 Å². The van der Waals surface area contributed by atoms with Crippen LogP contribution in [0.3, 0.4) is 0 Å². The molecule has 0 aliphatic carbocycles. The minimum Gasteiger partial charge on any atom is -0.329 e. The van der Waals surface area contributed by atoms with Crippen LogP contribution in [0, 0.1) is 11.7 Å². The van der Waals surface area contributed by atoms with Gasteiger partial charge in [-0.1, -0.05) is 6.07 Å². The van der Waals surface area contributed by atoms with Crippen molar-refractivity contribution >= 4 is 46.4 Å². The van der Waals surface area contributed by atoms with Gasteiger partial charge in [0.05, 0.1) is 15.9 Å². The molecule has 0 unspecified atom stereocenters. The number of thiophene rings is 1. The molecule has 3 heterocycles. The van der Waals surface area contributed by atoms with E-state index in [0.29, 0.717) is 22.7 Å². The highest BCUT2D eigenvalue weighted by Crippen LogP contribution is 2.23. The van der Waals surface area contributed by atoms with E-state index < -0.39 is 5.91 Å². The number of rotatable bonds is 6. The summed E-state index contributed by atoms with van der Waals surface area (Å²) >= 11 is 6.81. The fourth-order valence-corrected chi connectivity index (χ4v) is 4.33. The molecule has 0 aliphatic heterocycles. The van der Waals surface area contributed by atoms with Crippen LogP contribution in [0.2, 0.25) is 0 Å². The average molecular weight is 456 g/mol. The number of H-pyrrole nitrogens is 1. The number of carbonyl (C=O) groups is 2. The number of nitrogens with zero attached hydrogens (tertiary/aromatic N) is 4. The van der Waals surface area contributed by atoms with E-state index in [0.717, 1.165) is 28.3 Å². The summed E-state index contributed by atoms with van der Waals surface area (Å²) in [5.74, 6) is 0.842. The summed E-state index contributed by atoms with van der Waals surface area (Å²) in [4.78, 5) is 30.2. The zero-order valence-corrected chi connectivity index (χ0v) is 18.6. The Hall–Kier alpha value is -3.31. The summed E-state index contributed by atoms with van der Waals surface area (Å²) in [5, 5.41) is 8.94. The number of hydrogen-bond acceptors (Lipinski definition) is 6. The monoisotopic (exact) mass is 455 g/mol. The van der Waals surface area contributed by atoms with E-state index >= 15 is 0 Å². The summed E-state index contributed by atoms with van der Waals surface area (Å²) in [5.41, 5.74) is 7.05. The number of carbonyl (C=O) groups excluding carboxylic acids is 2. The number of benzene rings is 1. The van der Waals surface area contributed by atoms with Crippen LogP contribution in [0.1, 0.15) is 29.5 Å². The standard InChI is InChI=1S/C20H21N7O2S2/c1-3-26-12(2)21-14-11-13(6-7-15(14)26)19(29)24-22-17(28)8-9-27-18(23-25-20(27)30)16-5-4-10-31-16/h4-7,10-11H,3,8-9H2,1-2H3,(H,22,28)(H,24,29)(H,25,30). The first-order valence-electron chi connectivity index (χ1n) is 9.73. The third-order valence-corrected chi connectivity index (χ3v) is 6.07. The molecule has 0 radical (unpaired) electrons. The van der Waals surface area contributed by atoms with Gasteiger partial charge < -0.3 is 4.57 Å². The number of fused-ring (bicyclic) bond motifs is 1. The first-order chi connectivity index (χ1) is 15.0. The molecule has 3 aromatic heterocycles. The molecule has 0 bridgehead atoms. The Morgan fingerprint density at radius 2 is 2.06 bits per heavy atom. The van der Waals surface area contributed by atoms with Gasteiger partial charge in [0, 0.05) is 25.1 Å². The topological polar surface area (TPSA) is 110 Å². The molecule has 0 fully saturated rings. The molecule has 4 aromatic rings. The molecule has 9 nitrogen and oxygen atoms in total.